The van der Waals surface area contributed by atoms with Gasteiger partial charge in [-0.1, -0.05) is 12.1 Å². The molecule has 0 radical (unpaired) electrons. The third-order valence-corrected chi connectivity index (χ3v) is 6.75. The van der Waals surface area contributed by atoms with E-state index >= 15 is 0 Å². The van der Waals surface area contributed by atoms with Crippen molar-refractivity contribution < 1.29 is 17.9 Å². The Morgan fingerprint density at radius 3 is 2.32 bits per heavy atom. The summed E-state index contributed by atoms with van der Waals surface area (Å²) < 4.78 is 41.2. The molecule has 1 atom stereocenters. The molecule has 0 saturated carbocycles. The van der Waals surface area contributed by atoms with Crippen molar-refractivity contribution in [1.82, 2.24) is 14.3 Å². The fourth-order valence-electron chi connectivity index (χ4n) is 2.75. The SMILES string of the molecule is COc1cc(Br)c(S(=O)(=O)N[C@H](C)c2ccc(-n3ccnc3)cc2)cc1OC. The number of benzene rings is 2. The number of sulfonamides is 1. The van der Waals surface area contributed by atoms with Crippen LogP contribution < -0.4 is 14.2 Å². The lowest BCUT2D eigenvalue weighted by Crippen LogP contribution is -2.27. The van der Waals surface area contributed by atoms with Crippen LogP contribution >= 0.6 is 15.9 Å². The van der Waals surface area contributed by atoms with Crippen molar-refractivity contribution in [3.8, 4) is 17.2 Å². The molecule has 3 aromatic rings. The zero-order valence-corrected chi connectivity index (χ0v) is 18.0. The highest BCUT2D eigenvalue weighted by atomic mass is 79.9. The first kappa shape index (κ1) is 20.4. The van der Waals surface area contributed by atoms with Crippen molar-refractivity contribution in [2.24, 2.45) is 0 Å². The first-order valence-electron chi connectivity index (χ1n) is 8.38. The van der Waals surface area contributed by atoms with Gasteiger partial charge in [-0.3, -0.25) is 0 Å². The van der Waals surface area contributed by atoms with Crippen molar-refractivity contribution in [3.63, 3.8) is 0 Å². The van der Waals surface area contributed by atoms with Crippen molar-refractivity contribution in [2.45, 2.75) is 17.9 Å². The summed E-state index contributed by atoms with van der Waals surface area (Å²) in [5.41, 5.74) is 1.78. The summed E-state index contributed by atoms with van der Waals surface area (Å²) in [4.78, 5) is 4.10. The molecule has 28 heavy (non-hydrogen) atoms. The second kappa shape index (κ2) is 8.34. The van der Waals surface area contributed by atoms with Crippen LogP contribution in [-0.2, 0) is 10.0 Å². The predicted octanol–water partition coefficient (Wildman–Crippen LogP) is 3.69. The monoisotopic (exact) mass is 465 g/mol. The van der Waals surface area contributed by atoms with Gasteiger partial charge in [0.2, 0.25) is 10.0 Å². The number of hydrogen-bond donors (Lipinski definition) is 1. The molecule has 0 fully saturated rings. The van der Waals surface area contributed by atoms with Crippen LogP contribution in [0.5, 0.6) is 11.5 Å². The van der Waals surface area contributed by atoms with Crippen molar-refractivity contribution >= 4 is 26.0 Å². The number of imidazole rings is 1. The number of ether oxygens (including phenoxy) is 2. The van der Waals surface area contributed by atoms with E-state index in [0.717, 1.165) is 11.3 Å². The third-order valence-electron chi connectivity index (χ3n) is 4.26. The smallest absolute Gasteiger partial charge is 0.242 e. The Labute approximate surface area is 172 Å². The zero-order chi connectivity index (χ0) is 20.3. The maximum Gasteiger partial charge on any atom is 0.242 e. The molecule has 0 unspecified atom stereocenters. The Morgan fingerprint density at radius 2 is 1.75 bits per heavy atom. The minimum atomic E-state index is -3.80. The number of nitrogens with one attached hydrogen (secondary N) is 1. The van der Waals surface area contributed by atoms with E-state index in [0.29, 0.717) is 16.0 Å². The van der Waals surface area contributed by atoms with E-state index in [1.54, 1.807) is 25.5 Å². The Morgan fingerprint density at radius 1 is 1.11 bits per heavy atom. The number of methoxy groups -OCH3 is 2. The largest absolute Gasteiger partial charge is 0.493 e. The standard InChI is InChI=1S/C19H20BrN3O4S/c1-13(14-4-6-15(7-5-14)23-9-8-21-12-23)22-28(24,25)19-11-18(27-3)17(26-2)10-16(19)20/h4-13,22H,1-3H3/t13-/m1/s1. The zero-order valence-electron chi connectivity index (χ0n) is 15.6. The minimum absolute atomic E-state index is 0.0760. The number of nitrogens with zero attached hydrogens (tertiary/aromatic N) is 2. The predicted molar refractivity (Wildman–Crippen MR) is 110 cm³/mol. The molecule has 1 aromatic heterocycles. The topological polar surface area (TPSA) is 82.5 Å². The van der Waals surface area contributed by atoms with E-state index in [1.807, 2.05) is 35.0 Å². The molecule has 0 aliphatic rings. The number of hydrogen-bond acceptors (Lipinski definition) is 5. The number of aromatic nitrogens is 2. The van der Waals surface area contributed by atoms with E-state index in [4.69, 9.17) is 9.47 Å². The normalized spacial score (nSPS) is 12.6. The van der Waals surface area contributed by atoms with E-state index in [1.165, 1.54) is 20.3 Å². The van der Waals surface area contributed by atoms with Crippen LogP contribution in [0.25, 0.3) is 5.69 Å². The first-order valence-corrected chi connectivity index (χ1v) is 10.7. The van der Waals surface area contributed by atoms with Crippen LogP contribution in [0, 0.1) is 0 Å². The van der Waals surface area contributed by atoms with E-state index < -0.39 is 16.1 Å². The molecule has 9 heteroatoms. The highest BCUT2D eigenvalue weighted by Crippen LogP contribution is 2.36. The minimum Gasteiger partial charge on any atom is -0.493 e. The first-order chi connectivity index (χ1) is 13.4. The molecule has 0 aliphatic carbocycles. The van der Waals surface area contributed by atoms with E-state index in [9.17, 15) is 8.42 Å². The fourth-order valence-corrected chi connectivity index (χ4v) is 5.02. The van der Waals surface area contributed by atoms with Crippen molar-refractivity contribution in [3.05, 3.63) is 65.2 Å². The van der Waals surface area contributed by atoms with Gasteiger partial charge in [-0.15, -0.1) is 0 Å². The molecule has 7 nitrogen and oxygen atoms in total. The average molecular weight is 466 g/mol. The Balaban J connectivity index is 1.84. The number of halogens is 1. The Bertz CT molecular complexity index is 1050. The van der Waals surface area contributed by atoms with Crippen LogP contribution in [-0.4, -0.2) is 32.2 Å². The second-order valence-corrected chi connectivity index (χ2v) is 8.58. The van der Waals surface area contributed by atoms with Gasteiger partial charge in [-0.25, -0.2) is 18.1 Å². The second-order valence-electron chi connectivity index (χ2n) is 6.04. The summed E-state index contributed by atoms with van der Waals surface area (Å²) in [5.74, 6) is 0.778. The lowest BCUT2D eigenvalue weighted by Gasteiger charge is -2.17. The average Bonchev–Trinajstić information content (AvgIpc) is 3.22. The number of rotatable bonds is 7. The lowest BCUT2D eigenvalue weighted by molar-refractivity contribution is 0.353. The highest BCUT2D eigenvalue weighted by molar-refractivity contribution is 9.10. The van der Waals surface area contributed by atoms with Gasteiger partial charge in [0, 0.05) is 34.7 Å². The van der Waals surface area contributed by atoms with Gasteiger partial charge in [0.1, 0.15) is 4.90 Å². The summed E-state index contributed by atoms with van der Waals surface area (Å²) in [5, 5.41) is 0. The van der Waals surface area contributed by atoms with E-state index in [-0.39, 0.29) is 4.90 Å². The maximum atomic E-state index is 12.9. The molecule has 1 N–H and O–H groups in total. The quantitative estimate of drug-likeness (QED) is 0.575. The summed E-state index contributed by atoms with van der Waals surface area (Å²) in [6.45, 7) is 1.79. The molecule has 3 rings (SSSR count). The van der Waals surface area contributed by atoms with Gasteiger partial charge in [0.15, 0.2) is 11.5 Å². The fraction of sp³-hybridized carbons (Fsp3) is 0.211. The molecule has 0 saturated heterocycles. The van der Waals surface area contributed by atoms with Gasteiger partial charge < -0.3 is 14.0 Å². The molecule has 0 bridgehead atoms. The van der Waals surface area contributed by atoms with E-state index in [2.05, 4.69) is 25.6 Å². The summed E-state index contributed by atoms with van der Waals surface area (Å²) >= 11 is 3.30. The van der Waals surface area contributed by atoms with Gasteiger partial charge >= 0.3 is 0 Å². The molecular formula is C19H20BrN3O4S. The van der Waals surface area contributed by atoms with Crippen LogP contribution in [0.3, 0.4) is 0 Å². The van der Waals surface area contributed by atoms with Gasteiger partial charge in [0.05, 0.1) is 20.5 Å². The Kier molecular flexibility index (Phi) is 6.07. The van der Waals surface area contributed by atoms with Crippen LogP contribution in [0.4, 0.5) is 0 Å². The molecule has 2 aromatic carbocycles. The van der Waals surface area contributed by atoms with Gasteiger partial charge in [0.25, 0.3) is 0 Å². The third kappa shape index (κ3) is 4.21. The van der Waals surface area contributed by atoms with Crippen molar-refractivity contribution in [2.75, 3.05) is 14.2 Å². The molecular weight excluding hydrogens is 446 g/mol. The molecule has 0 spiro atoms. The Hall–Kier alpha value is -2.36. The van der Waals surface area contributed by atoms with Gasteiger partial charge in [-0.05, 0) is 46.6 Å². The lowest BCUT2D eigenvalue weighted by atomic mass is 10.1. The summed E-state index contributed by atoms with van der Waals surface area (Å²) in [6.07, 6.45) is 5.25. The molecule has 0 aliphatic heterocycles. The van der Waals surface area contributed by atoms with Crippen LogP contribution in [0.2, 0.25) is 0 Å². The molecule has 0 amide bonds. The summed E-state index contributed by atoms with van der Waals surface area (Å²) in [6, 6.07) is 10.2. The maximum absolute atomic E-state index is 12.9. The summed E-state index contributed by atoms with van der Waals surface area (Å²) in [7, 11) is -0.846. The van der Waals surface area contributed by atoms with Gasteiger partial charge in [-0.2, -0.15) is 0 Å². The van der Waals surface area contributed by atoms with Crippen molar-refractivity contribution in [1.29, 1.82) is 0 Å². The molecule has 1 heterocycles. The highest BCUT2D eigenvalue weighted by Gasteiger charge is 2.23. The van der Waals surface area contributed by atoms with Crippen LogP contribution in [0.1, 0.15) is 18.5 Å². The molecule has 148 valence electrons. The van der Waals surface area contributed by atoms with Crippen LogP contribution in [0.15, 0.2) is 64.5 Å².